The average Bonchev–Trinajstić information content (AvgIpc) is 2.51. The van der Waals surface area contributed by atoms with Crippen LogP contribution in [0, 0.1) is 11.3 Å². The molecule has 2 N–H and O–H groups in total. The maximum Gasteiger partial charge on any atom is 0.191 e. The summed E-state index contributed by atoms with van der Waals surface area (Å²) >= 11 is 0. The Bertz CT molecular complexity index is 343. The van der Waals surface area contributed by atoms with Crippen LogP contribution in [0.25, 0.3) is 0 Å². The van der Waals surface area contributed by atoms with Gasteiger partial charge in [-0.3, -0.25) is 4.99 Å². The maximum absolute atomic E-state index is 5.59. The van der Waals surface area contributed by atoms with Gasteiger partial charge in [-0.1, -0.05) is 27.7 Å². The van der Waals surface area contributed by atoms with Crippen LogP contribution in [0.15, 0.2) is 4.99 Å². The minimum absolute atomic E-state index is 0.118. The van der Waals surface area contributed by atoms with Crippen LogP contribution in [0.3, 0.4) is 0 Å². The maximum atomic E-state index is 5.59. The van der Waals surface area contributed by atoms with Crippen molar-refractivity contribution in [1.82, 2.24) is 15.5 Å². The van der Waals surface area contributed by atoms with Crippen molar-refractivity contribution in [2.45, 2.75) is 53.1 Å². The van der Waals surface area contributed by atoms with E-state index in [9.17, 15) is 0 Å². The Hall–Kier alpha value is -0.810. The summed E-state index contributed by atoms with van der Waals surface area (Å²) in [5.74, 6) is 1.63. The lowest BCUT2D eigenvalue weighted by Gasteiger charge is -2.32. The van der Waals surface area contributed by atoms with Crippen LogP contribution < -0.4 is 10.6 Å². The molecule has 1 aliphatic rings. The molecule has 1 heterocycles. The van der Waals surface area contributed by atoms with Gasteiger partial charge < -0.3 is 20.3 Å². The summed E-state index contributed by atoms with van der Waals surface area (Å²) in [6.07, 6.45) is 3.99. The van der Waals surface area contributed by atoms with E-state index in [4.69, 9.17) is 4.74 Å². The molecule has 1 fully saturated rings. The monoisotopic (exact) mass is 326 g/mol. The van der Waals surface area contributed by atoms with E-state index in [2.05, 4.69) is 48.2 Å². The second kappa shape index (κ2) is 10.1. The van der Waals surface area contributed by atoms with E-state index < -0.39 is 0 Å². The van der Waals surface area contributed by atoms with Gasteiger partial charge in [0.1, 0.15) is 0 Å². The molecule has 0 saturated carbocycles. The number of hydrogen-bond donors (Lipinski definition) is 2. The van der Waals surface area contributed by atoms with Crippen LogP contribution in [-0.4, -0.2) is 63.8 Å². The molecule has 136 valence electrons. The Morgan fingerprint density at radius 2 is 1.91 bits per heavy atom. The largest absolute Gasteiger partial charge is 0.379 e. The summed E-state index contributed by atoms with van der Waals surface area (Å²) in [6.45, 7) is 14.4. The highest BCUT2D eigenvalue weighted by atomic mass is 16.5. The Kier molecular flexibility index (Phi) is 8.92. The van der Waals surface area contributed by atoms with Crippen molar-refractivity contribution in [1.29, 1.82) is 0 Å². The van der Waals surface area contributed by atoms with Crippen molar-refractivity contribution in [2.75, 3.05) is 46.9 Å². The molecule has 0 aromatic heterocycles. The Balaban J connectivity index is 2.30. The molecule has 1 rings (SSSR count). The van der Waals surface area contributed by atoms with Gasteiger partial charge in [0.05, 0.1) is 6.10 Å². The molecule has 5 nitrogen and oxygen atoms in total. The van der Waals surface area contributed by atoms with E-state index in [1.165, 1.54) is 38.9 Å². The standard InChI is InChI=1S/C18H38N4O/c1-7-10-22-11-8-15(9-12-22)13-20-17(19-5)21-14-16(23-6)18(2,3)4/h15-16H,7-14H2,1-6H3,(H2,19,20,21). The van der Waals surface area contributed by atoms with Gasteiger partial charge in [0, 0.05) is 27.2 Å². The average molecular weight is 327 g/mol. The number of nitrogens with one attached hydrogen (secondary N) is 2. The summed E-state index contributed by atoms with van der Waals surface area (Å²) in [7, 11) is 3.61. The number of guanidine groups is 1. The molecular weight excluding hydrogens is 288 g/mol. The van der Waals surface area contributed by atoms with E-state index >= 15 is 0 Å². The molecular formula is C18H38N4O. The Morgan fingerprint density at radius 1 is 1.26 bits per heavy atom. The van der Waals surface area contributed by atoms with Gasteiger partial charge in [0.2, 0.25) is 0 Å². The normalized spacial score (nSPS) is 19.7. The van der Waals surface area contributed by atoms with Crippen LogP contribution >= 0.6 is 0 Å². The third kappa shape index (κ3) is 7.53. The van der Waals surface area contributed by atoms with Crippen molar-refractivity contribution in [3.8, 4) is 0 Å². The molecule has 0 amide bonds. The van der Waals surface area contributed by atoms with Crippen LogP contribution in [0.4, 0.5) is 0 Å². The highest BCUT2D eigenvalue weighted by molar-refractivity contribution is 5.79. The molecule has 0 bridgehead atoms. The molecule has 1 atom stereocenters. The third-order valence-corrected chi connectivity index (χ3v) is 4.73. The topological polar surface area (TPSA) is 48.9 Å². The van der Waals surface area contributed by atoms with E-state index in [-0.39, 0.29) is 11.5 Å². The van der Waals surface area contributed by atoms with Crippen LogP contribution in [0.2, 0.25) is 0 Å². The van der Waals surface area contributed by atoms with E-state index in [0.29, 0.717) is 0 Å². The summed E-state index contributed by atoms with van der Waals surface area (Å²) in [5.41, 5.74) is 0.118. The molecule has 0 aromatic carbocycles. The zero-order valence-electron chi connectivity index (χ0n) is 16.1. The van der Waals surface area contributed by atoms with Crippen LogP contribution in [0.5, 0.6) is 0 Å². The number of piperidine rings is 1. The second-order valence-corrected chi connectivity index (χ2v) is 7.71. The molecule has 1 aliphatic heterocycles. The van der Waals surface area contributed by atoms with Crippen molar-refractivity contribution in [2.24, 2.45) is 16.3 Å². The molecule has 23 heavy (non-hydrogen) atoms. The van der Waals surface area contributed by atoms with E-state index in [1.807, 2.05) is 7.05 Å². The third-order valence-electron chi connectivity index (χ3n) is 4.73. The fourth-order valence-electron chi connectivity index (χ4n) is 3.12. The number of hydrogen-bond acceptors (Lipinski definition) is 3. The molecule has 0 aromatic rings. The number of aliphatic imine (C=N–C) groups is 1. The quantitative estimate of drug-likeness (QED) is 0.557. The van der Waals surface area contributed by atoms with Crippen LogP contribution in [-0.2, 0) is 4.74 Å². The number of rotatable bonds is 7. The van der Waals surface area contributed by atoms with Crippen molar-refractivity contribution in [3.63, 3.8) is 0 Å². The van der Waals surface area contributed by atoms with Crippen molar-refractivity contribution < 1.29 is 4.74 Å². The molecule has 5 heteroatoms. The van der Waals surface area contributed by atoms with Crippen LogP contribution in [0.1, 0.15) is 47.0 Å². The minimum atomic E-state index is 0.118. The van der Waals surface area contributed by atoms with Gasteiger partial charge in [0.15, 0.2) is 5.96 Å². The molecule has 0 radical (unpaired) electrons. The lowest BCUT2D eigenvalue weighted by atomic mass is 9.89. The SMILES string of the molecule is CCCN1CCC(CNC(=NC)NCC(OC)C(C)(C)C)CC1. The first-order valence-corrected chi connectivity index (χ1v) is 9.10. The van der Waals surface area contributed by atoms with Gasteiger partial charge in [-0.25, -0.2) is 0 Å². The predicted molar refractivity (Wildman–Crippen MR) is 99.1 cm³/mol. The summed E-state index contributed by atoms with van der Waals surface area (Å²) in [6, 6.07) is 0. The van der Waals surface area contributed by atoms with Gasteiger partial charge in [-0.15, -0.1) is 0 Å². The zero-order valence-corrected chi connectivity index (χ0v) is 16.1. The van der Waals surface area contributed by atoms with Gasteiger partial charge in [-0.05, 0) is 50.2 Å². The van der Waals surface area contributed by atoms with Crippen molar-refractivity contribution >= 4 is 5.96 Å². The predicted octanol–water partition coefficient (Wildman–Crippen LogP) is 2.33. The first-order chi connectivity index (χ1) is 10.9. The van der Waals surface area contributed by atoms with Gasteiger partial charge in [-0.2, -0.15) is 0 Å². The lowest BCUT2D eigenvalue weighted by molar-refractivity contribution is 0.0205. The summed E-state index contributed by atoms with van der Waals surface area (Å²) < 4.78 is 5.59. The Morgan fingerprint density at radius 3 is 2.39 bits per heavy atom. The summed E-state index contributed by atoms with van der Waals surface area (Å²) in [4.78, 5) is 6.91. The first-order valence-electron chi connectivity index (χ1n) is 9.10. The first kappa shape index (κ1) is 20.2. The fourth-order valence-corrected chi connectivity index (χ4v) is 3.12. The summed E-state index contributed by atoms with van der Waals surface area (Å²) in [5, 5.41) is 6.88. The van der Waals surface area contributed by atoms with Crippen molar-refractivity contribution in [3.05, 3.63) is 0 Å². The van der Waals surface area contributed by atoms with Gasteiger partial charge in [0.25, 0.3) is 0 Å². The zero-order chi connectivity index (χ0) is 17.3. The molecule has 1 unspecified atom stereocenters. The number of nitrogens with zero attached hydrogens (tertiary/aromatic N) is 2. The lowest BCUT2D eigenvalue weighted by Crippen LogP contribution is -2.47. The molecule has 0 spiro atoms. The smallest absolute Gasteiger partial charge is 0.191 e. The number of methoxy groups -OCH3 is 1. The number of ether oxygens (including phenoxy) is 1. The molecule has 1 saturated heterocycles. The number of likely N-dealkylation sites (tertiary alicyclic amines) is 1. The minimum Gasteiger partial charge on any atom is -0.379 e. The van der Waals surface area contributed by atoms with Gasteiger partial charge >= 0.3 is 0 Å². The van der Waals surface area contributed by atoms with E-state index in [0.717, 1.165) is 25.0 Å². The highest BCUT2D eigenvalue weighted by Gasteiger charge is 2.24. The second-order valence-electron chi connectivity index (χ2n) is 7.71. The van der Waals surface area contributed by atoms with E-state index in [1.54, 1.807) is 7.11 Å². The fraction of sp³-hybridized carbons (Fsp3) is 0.944. The Labute approximate surface area is 143 Å². The molecule has 0 aliphatic carbocycles. The highest BCUT2D eigenvalue weighted by Crippen LogP contribution is 2.21.